The molecule has 0 heterocycles. The van der Waals surface area contributed by atoms with Crippen molar-refractivity contribution >= 4 is 0 Å². The first kappa shape index (κ1) is 15.5. The van der Waals surface area contributed by atoms with Crippen molar-refractivity contribution in [3.63, 3.8) is 0 Å². The lowest BCUT2D eigenvalue weighted by Crippen LogP contribution is -2.30. The van der Waals surface area contributed by atoms with Gasteiger partial charge in [0.2, 0.25) is 0 Å². The predicted octanol–water partition coefficient (Wildman–Crippen LogP) is 3.29. The van der Waals surface area contributed by atoms with Crippen molar-refractivity contribution in [2.75, 3.05) is 19.8 Å². The minimum Gasteiger partial charge on any atom is -0.386 e. The molecule has 112 valence electrons. The van der Waals surface area contributed by atoms with Gasteiger partial charge in [-0.2, -0.15) is 0 Å². The van der Waals surface area contributed by atoms with Gasteiger partial charge in [-0.25, -0.2) is 0 Å². The number of hydrogen-bond donors (Lipinski definition) is 1. The van der Waals surface area contributed by atoms with Crippen molar-refractivity contribution in [1.82, 2.24) is 0 Å². The summed E-state index contributed by atoms with van der Waals surface area (Å²) < 4.78 is 11.3. The molecule has 1 aromatic carbocycles. The molecule has 3 heteroatoms. The number of rotatable bonds is 6. The molecule has 20 heavy (non-hydrogen) atoms. The first-order valence-electron chi connectivity index (χ1n) is 7.55. The summed E-state index contributed by atoms with van der Waals surface area (Å²) in [6, 6.07) is 8.11. The van der Waals surface area contributed by atoms with Crippen LogP contribution >= 0.6 is 0 Å². The fraction of sp³-hybridized carbons (Fsp3) is 0.647. The number of benzene rings is 1. The highest BCUT2D eigenvalue weighted by atomic mass is 16.5. The van der Waals surface area contributed by atoms with Gasteiger partial charge in [0, 0.05) is 6.61 Å². The van der Waals surface area contributed by atoms with Crippen molar-refractivity contribution in [1.29, 1.82) is 0 Å². The summed E-state index contributed by atoms with van der Waals surface area (Å²) >= 11 is 0. The van der Waals surface area contributed by atoms with E-state index in [4.69, 9.17) is 9.47 Å². The first-order valence-corrected chi connectivity index (χ1v) is 7.55. The summed E-state index contributed by atoms with van der Waals surface area (Å²) in [4.78, 5) is 0. The van der Waals surface area contributed by atoms with Gasteiger partial charge in [-0.15, -0.1) is 0 Å². The van der Waals surface area contributed by atoms with Crippen LogP contribution in [0.25, 0.3) is 0 Å². The molecule has 1 N–H and O–H groups in total. The maximum absolute atomic E-state index is 10.4. The van der Waals surface area contributed by atoms with Gasteiger partial charge in [-0.3, -0.25) is 0 Å². The van der Waals surface area contributed by atoms with E-state index in [2.05, 4.69) is 26.8 Å². The fourth-order valence-electron chi connectivity index (χ4n) is 2.77. The first-order chi connectivity index (χ1) is 9.59. The minimum absolute atomic E-state index is 0.123. The van der Waals surface area contributed by atoms with Crippen molar-refractivity contribution in [2.45, 2.75) is 45.3 Å². The van der Waals surface area contributed by atoms with Crippen molar-refractivity contribution in [2.24, 2.45) is 5.92 Å². The molecule has 3 nitrogen and oxygen atoms in total. The molecule has 1 aliphatic rings. The molecule has 0 bridgehead atoms. The molecule has 0 aromatic heterocycles. The second-order valence-electron chi connectivity index (χ2n) is 6.09. The summed E-state index contributed by atoms with van der Waals surface area (Å²) in [6.45, 7) is 8.35. The average Bonchev–Trinajstić information content (AvgIpc) is 2.43. The van der Waals surface area contributed by atoms with Crippen LogP contribution in [0.3, 0.4) is 0 Å². The van der Waals surface area contributed by atoms with Crippen LogP contribution < -0.4 is 0 Å². The van der Waals surface area contributed by atoms with E-state index in [0.717, 1.165) is 18.6 Å². The third kappa shape index (κ3) is 3.81. The molecule has 1 aromatic rings. The second kappa shape index (κ2) is 7.21. The van der Waals surface area contributed by atoms with Gasteiger partial charge in [0.05, 0.1) is 19.3 Å². The summed E-state index contributed by atoms with van der Waals surface area (Å²) in [5.74, 6) is 0.971. The highest BCUT2D eigenvalue weighted by Gasteiger charge is 2.32. The summed E-state index contributed by atoms with van der Waals surface area (Å²) in [7, 11) is 0. The van der Waals surface area contributed by atoms with E-state index in [1.807, 2.05) is 18.2 Å². The van der Waals surface area contributed by atoms with Crippen molar-refractivity contribution < 1.29 is 14.6 Å². The van der Waals surface area contributed by atoms with Crippen LogP contribution in [0, 0.1) is 5.92 Å². The van der Waals surface area contributed by atoms with Crippen LogP contribution in [0.5, 0.6) is 0 Å². The molecule has 3 atom stereocenters. The Morgan fingerprint density at radius 2 is 1.90 bits per heavy atom. The quantitative estimate of drug-likeness (QED) is 0.812. The monoisotopic (exact) mass is 278 g/mol. The van der Waals surface area contributed by atoms with Gasteiger partial charge in [0.25, 0.3) is 0 Å². The van der Waals surface area contributed by atoms with Crippen LogP contribution in [0.4, 0.5) is 0 Å². The lowest BCUT2D eigenvalue weighted by Gasteiger charge is -2.33. The maximum Gasteiger partial charge on any atom is 0.105 e. The molecule has 0 radical (unpaired) electrons. The lowest BCUT2D eigenvalue weighted by atomic mass is 9.80. The summed E-state index contributed by atoms with van der Waals surface area (Å²) in [5.41, 5.74) is 2.26. The average molecular weight is 278 g/mol. The molecule has 0 saturated carbocycles. The third-order valence-electron chi connectivity index (χ3n) is 3.79. The number of aliphatic hydroxyl groups excluding tert-OH is 1. The molecule has 0 amide bonds. The SMILES string of the molecule is CC(C)COCCOC1CC(C)c2ccccc2C1O. The summed E-state index contributed by atoms with van der Waals surface area (Å²) in [6.07, 6.45) is 0.220. The standard InChI is InChI=1S/C17H26O3/c1-12(2)11-19-8-9-20-16-10-13(3)14-6-4-5-7-15(14)17(16)18/h4-7,12-13,16-18H,8-11H2,1-3H3. The number of aliphatic hydroxyl groups is 1. The van der Waals surface area contributed by atoms with Crippen LogP contribution in [0.15, 0.2) is 24.3 Å². The van der Waals surface area contributed by atoms with Crippen molar-refractivity contribution in [3.8, 4) is 0 Å². The highest BCUT2D eigenvalue weighted by molar-refractivity contribution is 5.35. The zero-order valence-corrected chi connectivity index (χ0v) is 12.7. The predicted molar refractivity (Wildman–Crippen MR) is 79.8 cm³/mol. The van der Waals surface area contributed by atoms with E-state index in [0.29, 0.717) is 25.0 Å². The van der Waals surface area contributed by atoms with Gasteiger partial charge in [0.15, 0.2) is 0 Å². The zero-order valence-electron chi connectivity index (χ0n) is 12.7. The minimum atomic E-state index is -0.521. The van der Waals surface area contributed by atoms with E-state index < -0.39 is 6.10 Å². The Morgan fingerprint density at radius 3 is 2.60 bits per heavy atom. The van der Waals surface area contributed by atoms with Crippen molar-refractivity contribution in [3.05, 3.63) is 35.4 Å². The maximum atomic E-state index is 10.4. The largest absolute Gasteiger partial charge is 0.386 e. The van der Waals surface area contributed by atoms with Gasteiger partial charge < -0.3 is 14.6 Å². The van der Waals surface area contributed by atoms with E-state index in [1.54, 1.807) is 0 Å². The topological polar surface area (TPSA) is 38.7 Å². The Morgan fingerprint density at radius 1 is 1.20 bits per heavy atom. The molecule has 0 spiro atoms. The molecular weight excluding hydrogens is 252 g/mol. The molecule has 2 rings (SSSR count). The Balaban J connectivity index is 1.85. The molecule has 1 aliphatic carbocycles. The third-order valence-corrected chi connectivity index (χ3v) is 3.79. The number of hydrogen-bond acceptors (Lipinski definition) is 3. The Hall–Kier alpha value is -0.900. The number of ether oxygens (including phenoxy) is 2. The normalized spacial score (nSPS) is 25.8. The molecule has 0 fully saturated rings. The second-order valence-corrected chi connectivity index (χ2v) is 6.09. The van der Waals surface area contributed by atoms with E-state index in [9.17, 15) is 5.11 Å². The summed E-state index contributed by atoms with van der Waals surface area (Å²) in [5, 5.41) is 10.4. The Bertz CT molecular complexity index is 416. The van der Waals surface area contributed by atoms with E-state index in [1.165, 1.54) is 5.56 Å². The van der Waals surface area contributed by atoms with E-state index >= 15 is 0 Å². The lowest BCUT2D eigenvalue weighted by molar-refractivity contribution is -0.0700. The van der Waals surface area contributed by atoms with Crippen LogP contribution in [-0.2, 0) is 9.47 Å². The van der Waals surface area contributed by atoms with Gasteiger partial charge in [-0.05, 0) is 29.4 Å². The Kier molecular flexibility index (Phi) is 5.58. The van der Waals surface area contributed by atoms with Gasteiger partial charge >= 0.3 is 0 Å². The highest BCUT2D eigenvalue weighted by Crippen LogP contribution is 2.38. The van der Waals surface area contributed by atoms with Crippen LogP contribution in [0.2, 0.25) is 0 Å². The van der Waals surface area contributed by atoms with Gasteiger partial charge in [-0.1, -0.05) is 45.0 Å². The molecule has 3 unspecified atom stereocenters. The molecule has 0 saturated heterocycles. The Labute approximate surface area is 121 Å². The number of fused-ring (bicyclic) bond motifs is 1. The van der Waals surface area contributed by atoms with Gasteiger partial charge in [0.1, 0.15) is 6.10 Å². The molecule has 0 aliphatic heterocycles. The zero-order chi connectivity index (χ0) is 14.5. The fourth-order valence-corrected chi connectivity index (χ4v) is 2.77. The smallest absolute Gasteiger partial charge is 0.105 e. The molecular formula is C17H26O3. The van der Waals surface area contributed by atoms with Crippen LogP contribution in [0.1, 0.15) is 50.3 Å². The van der Waals surface area contributed by atoms with Crippen LogP contribution in [-0.4, -0.2) is 31.0 Å². The van der Waals surface area contributed by atoms with E-state index in [-0.39, 0.29) is 6.10 Å².